The predicted molar refractivity (Wildman–Crippen MR) is 124 cm³/mol. The lowest BCUT2D eigenvalue weighted by Gasteiger charge is -2.36. The molecule has 4 rings (SSSR count). The first kappa shape index (κ1) is 21.9. The maximum Gasteiger partial charge on any atom is 0.256 e. The maximum absolute atomic E-state index is 12.7. The van der Waals surface area contributed by atoms with Gasteiger partial charge in [-0.25, -0.2) is 4.68 Å². The zero-order valence-electron chi connectivity index (χ0n) is 18.6. The molecule has 1 saturated heterocycles. The molecule has 168 valence electrons. The van der Waals surface area contributed by atoms with E-state index >= 15 is 0 Å². The minimum Gasteiger partial charge on any atom is -0.497 e. The Morgan fingerprint density at radius 2 is 1.78 bits per heavy atom. The topological polar surface area (TPSA) is 68.6 Å². The zero-order chi connectivity index (χ0) is 22.3. The highest BCUT2D eigenvalue weighted by Crippen LogP contribution is 2.27. The molecule has 1 fully saturated rings. The first-order valence-corrected chi connectivity index (χ1v) is 11.0. The number of ether oxygens (including phenoxy) is 2. The van der Waals surface area contributed by atoms with Crippen LogP contribution in [0.1, 0.15) is 36.2 Å². The van der Waals surface area contributed by atoms with Crippen molar-refractivity contribution in [3.8, 4) is 11.5 Å². The number of anilines is 1. The van der Waals surface area contributed by atoms with Crippen molar-refractivity contribution < 1.29 is 14.3 Å². The molecule has 3 aromatic rings. The largest absolute Gasteiger partial charge is 0.497 e. The second-order valence-electron chi connectivity index (χ2n) is 8.08. The van der Waals surface area contributed by atoms with Gasteiger partial charge in [-0.05, 0) is 56.2 Å². The third-order valence-electron chi connectivity index (χ3n) is 5.97. The van der Waals surface area contributed by atoms with Crippen LogP contribution in [-0.2, 0) is 0 Å². The highest BCUT2D eigenvalue weighted by molar-refractivity contribution is 6.03. The fourth-order valence-electron chi connectivity index (χ4n) is 4.05. The van der Waals surface area contributed by atoms with Crippen LogP contribution in [0, 0.1) is 0 Å². The molecule has 32 heavy (non-hydrogen) atoms. The van der Waals surface area contributed by atoms with Crippen molar-refractivity contribution in [2.45, 2.75) is 31.8 Å². The van der Waals surface area contributed by atoms with E-state index in [1.165, 1.54) is 0 Å². The molecular formula is C25H30N4O3. The monoisotopic (exact) mass is 434 g/mol. The molecule has 0 radical (unpaired) electrons. The van der Waals surface area contributed by atoms with E-state index in [2.05, 4.69) is 22.2 Å². The van der Waals surface area contributed by atoms with Gasteiger partial charge in [0.15, 0.2) is 0 Å². The summed E-state index contributed by atoms with van der Waals surface area (Å²) in [5.74, 6) is 2.20. The molecule has 1 aliphatic heterocycles. The lowest BCUT2D eigenvalue weighted by molar-refractivity contribution is 0.101. The molecule has 1 N–H and O–H groups in total. The van der Waals surface area contributed by atoms with E-state index in [0.29, 0.717) is 18.2 Å². The van der Waals surface area contributed by atoms with E-state index in [-0.39, 0.29) is 11.9 Å². The normalized spacial score (nSPS) is 15.8. The van der Waals surface area contributed by atoms with Crippen LogP contribution in [0.15, 0.2) is 66.9 Å². The average molecular weight is 435 g/mol. The molecule has 0 spiro atoms. The van der Waals surface area contributed by atoms with Gasteiger partial charge in [-0.3, -0.25) is 9.69 Å². The summed E-state index contributed by atoms with van der Waals surface area (Å²) in [5, 5.41) is 7.50. The van der Waals surface area contributed by atoms with E-state index in [0.717, 1.165) is 43.2 Å². The Morgan fingerprint density at radius 3 is 2.47 bits per heavy atom. The lowest BCUT2D eigenvalue weighted by atomic mass is 10.0. The summed E-state index contributed by atoms with van der Waals surface area (Å²) in [6, 6.07) is 19.5. The van der Waals surface area contributed by atoms with Crippen LogP contribution in [-0.4, -0.2) is 53.4 Å². The number of nitrogens with one attached hydrogen (secondary N) is 1. The zero-order valence-corrected chi connectivity index (χ0v) is 18.6. The molecule has 2 aromatic carbocycles. The van der Waals surface area contributed by atoms with Gasteiger partial charge in [0.2, 0.25) is 0 Å². The number of methoxy groups -OCH3 is 1. The highest BCUT2D eigenvalue weighted by Gasteiger charge is 2.26. The van der Waals surface area contributed by atoms with Crippen molar-refractivity contribution in [1.82, 2.24) is 14.7 Å². The van der Waals surface area contributed by atoms with Gasteiger partial charge < -0.3 is 14.8 Å². The Hall–Kier alpha value is -3.32. The summed E-state index contributed by atoms with van der Waals surface area (Å²) in [6.07, 6.45) is 3.69. The van der Waals surface area contributed by atoms with Gasteiger partial charge in [-0.2, -0.15) is 5.10 Å². The van der Waals surface area contributed by atoms with Crippen LogP contribution in [0.4, 0.5) is 5.82 Å². The third kappa shape index (κ3) is 5.29. The molecular weight excluding hydrogens is 404 g/mol. The Kier molecular flexibility index (Phi) is 7.07. The summed E-state index contributed by atoms with van der Waals surface area (Å²) in [4.78, 5) is 15.1. The number of aromatic nitrogens is 2. The highest BCUT2D eigenvalue weighted by atomic mass is 16.5. The second kappa shape index (κ2) is 10.3. The first-order chi connectivity index (χ1) is 15.6. The van der Waals surface area contributed by atoms with Gasteiger partial charge in [0.25, 0.3) is 5.91 Å². The van der Waals surface area contributed by atoms with Crippen LogP contribution in [0.2, 0.25) is 0 Å². The number of carbonyl (C=O) groups excluding carboxylic acids is 1. The van der Waals surface area contributed by atoms with E-state index in [4.69, 9.17) is 9.47 Å². The summed E-state index contributed by atoms with van der Waals surface area (Å²) in [5.41, 5.74) is 0.584. The average Bonchev–Trinajstić information content (AvgIpc) is 3.31. The Bertz CT molecular complexity index is 996. The van der Waals surface area contributed by atoms with Gasteiger partial charge in [0.1, 0.15) is 23.9 Å². The van der Waals surface area contributed by atoms with E-state index < -0.39 is 0 Å². The van der Waals surface area contributed by atoms with Crippen LogP contribution in [0.3, 0.4) is 0 Å². The quantitative estimate of drug-likeness (QED) is 0.574. The Balaban J connectivity index is 1.30. The standard InChI is InChI=1S/C25H30N4O3/c1-19(18-32-23-6-4-3-5-7-23)28-16-13-21(14-17-28)29-24(12-15-26-29)27-25(30)20-8-10-22(31-2)11-9-20/h3-12,15,19,21H,13-14,16-18H2,1-2H3,(H,27,30). The molecule has 1 unspecified atom stereocenters. The number of rotatable bonds is 8. The van der Waals surface area contributed by atoms with Crippen molar-refractivity contribution in [2.75, 3.05) is 32.1 Å². The first-order valence-electron chi connectivity index (χ1n) is 11.0. The molecule has 1 amide bonds. The minimum absolute atomic E-state index is 0.154. The minimum atomic E-state index is -0.154. The molecule has 2 heterocycles. The number of piperidine rings is 1. The lowest BCUT2D eigenvalue weighted by Crippen LogP contribution is -2.43. The SMILES string of the molecule is COc1ccc(C(=O)Nc2ccnn2C2CCN(C(C)COc3ccccc3)CC2)cc1. The van der Waals surface area contributed by atoms with Gasteiger partial charge in [0, 0.05) is 30.8 Å². The number of likely N-dealkylation sites (tertiary alicyclic amines) is 1. The number of para-hydroxylation sites is 1. The van der Waals surface area contributed by atoms with Crippen LogP contribution >= 0.6 is 0 Å². The van der Waals surface area contributed by atoms with E-state index in [1.54, 1.807) is 37.6 Å². The van der Waals surface area contributed by atoms with Gasteiger partial charge in [-0.1, -0.05) is 18.2 Å². The van der Waals surface area contributed by atoms with Crippen LogP contribution in [0.5, 0.6) is 11.5 Å². The number of benzene rings is 2. The molecule has 7 heteroatoms. The van der Waals surface area contributed by atoms with Crippen LogP contribution in [0.25, 0.3) is 0 Å². The summed E-state index contributed by atoms with van der Waals surface area (Å²) >= 11 is 0. The van der Waals surface area contributed by atoms with Gasteiger partial charge >= 0.3 is 0 Å². The molecule has 0 aliphatic carbocycles. The van der Waals surface area contributed by atoms with E-state index in [1.807, 2.05) is 41.1 Å². The smallest absolute Gasteiger partial charge is 0.256 e. The number of nitrogens with zero attached hydrogens (tertiary/aromatic N) is 3. The van der Waals surface area contributed by atoms with Crippen molar-refractivity contribution in [2.24, 2.45) is 0 Å². The fraction of sp³-hybridized carbons (Fsp3) is 0.360. The maximum atomic E-state index is 12.7. The molecule has 1 aromatic heterocycles. The summed E-state index contributed by atoms with van der Waals surface area (Å²) in [6.45, 7) is 4.81. The molecule has 0 saturated carbocycles. The fourth-order valence-corrected chi connectivity index (χ4v) is 4.05. The van der Waals surface area contributed by atoms with E-state index in [9.17, 15) is 4.79 Å². The predicted octanol–water partition coefficient (Wildman–Crippen LogP) is 4.25. The number of hydrogen-bond donors (Lipinski definition) is 1. The number of hydrogen-bond acceptors (Lipinski definition) is 5. The second-order valence-corrected chi connectivity index (χ2v) is 8.08. The van der Waals surface area contributed by atoms with Crippen molar-refractivity contribution >= 4 is 11.7 Å². The van der Waals surface area contributed by atoms with Crippen molar-refractivity contribution in [3.05, 3.63) is 72.4 Å². The Morgan fingerprint density at radius 1 is 1.06 bits per heavy atom. The summed E-state index contributed by atoms with van der Waals surface area (Å²) in [7, 11) is 1.61. The van der Waals surface area contributed by atoms with Gasteiger partial charge in [-0.15, -0.1) is 0 Å². The summed E-state index contributed by atoms with van der Waals surface area (Å²) < 4.78 is 13.0. The van der Waals surface area contributed by atoms with Crippen molar-refractivity contribution in [1.29, 1.82) is 0 Å². The van der Waals surface area contributed by atoms with Crippen LogP contribution < -0.4 is 14.8 Å². The molecule has 1 aliphatic rings. The third-order valence-corrected chi connectivity index (χ3v) is 5.97. The molecule has 0 bridgehead atoms. The number of carbonyl (C=O) groups is 1. The molecule has 1 atom stereocenters. The molecule has 7 nitrogen and oxygen atoms in total. The number of amides is 1. The van der Waals surface area contributed by atoms with Crippen molar-refractivity contribution in [3.63, 3.8) is 0 Å². The van der Waals surface area contributed by atoms with Gasteiger partial charge in [0.05, 0.1) is 19.3 Å². The Labute approximate surface area is 188 Å².